The highest BCUT2D eigenvalue weighted by atomic mass is 35.5. The van der Waals surface area contributed by atoms with E-state index in [1.165, 1.54) is 11.3 Å². The number of hydrogen-bond acceptors (Lipinski definition) is 4. The van der Waals surface area contributed by atoms with Gasteiger partial charge in [0.1, 0.15) is 5.00 Å². The zero-order chi connectivity index (χ0) is 12.3. The Hall–Kier alpha value is -0.650. The molecule has 6 heteroatoms. The minimum atomic E-state index is -0.491. The SMILES string of the molecule is Cc1nc(CC(C)C)c(NC(=O)[C@@H](C)N)s1.Cl. The van der Waals surface area contributed by atoms with E-state index in [1.807, 2.05) is 6.92 Å². The van der Waals surface area contributed by atoms with Crippen LogP contribution in [-0.2, 0) is 11.2 Å². The number of halogens is 1. The van der Waals surface area contributed by atoms with Crippen molar-refractivity contribution < 1.29 is 4.79 Å². The molecule has 0 radical (unpaired) electrons. The molecule has 0 aliphatic rings. The van der Waals surface area contributed by atoms with E-state index in [4.69, 9.17) is 5.73 Å². The third kappa shape index (κ3) is 5.02. The molecular weight excluding hydrogens is 258 g/mol. The summed E-state index contributed by atoms with van der Waals surface area (Å²) in [6.07, 6.45) is 0.874. The fourth-order valence-electron chi connectivity index (χ4n) is 1.32. The topological polar surface area (TPSA) is 68.0 Å². The summed E-state index contributed by atoms with van der Waals surface area (Å²) in [6, 6.07) is -0.491. The van der Waals surface area contributed by atoms with Crippen molar-refractivity contribution in [3.63, 3.8) is 0 Å². The molecule has 0 saturated carbocycles. The zero-order valence-electron chi connectivity index (χ0n) is 10.6. The molecule has 0 saturated heterocycles. The average molecular weight is 278 g/mol. The fraction of sp³-hybridized carbons (Fsp3) is 0.636. The number of nitrogens with zero attached hydrogens (tertiary/aromatic N) is 1. The van der Waals surface area contributed by atoms with E-state index in [1.54, 1.807) is 6.92 Å². The van der Waals surface area contributed by atoms with Crippen molar-refractivity contribution in [3.8, 4) is 0 Å². The van der Waals surface area contributed by atoms with Crippen molar-refractivity contribution in [2.75, 3.05) is 5.32 Å². The number of carbonyl (C=O) groups excluding carboxylic acids is 1. The van der Waals surface area contributed by atoms with Gasteiger partial charge in [0.05, 0.1) is 16.7 Å². The number of anilines is 1. The summed E-state index contributed by atoms with van der Waals surface area (Å²) in [5.74, 6) is 0.362. The van der Waals surface area contributed by atoms with Crippen molar-refractivity contribution in [1.82, 2.24) is 4.98 Å². The molecule has 0 bridgehead atoms. The Balaban J connectivity index is 0.00000256. The zero-order valence-corrected chi connectivity index (χ0v) is 12.2. The van der Waals surface area contributed by atoms with Crippen LogP contribution in [0.2, 0.25) is 0 Å². The van der Waals surface area contributed by atoms with E-state index in [9.17, 15) is 4.79 Å². The largest absolute Gasteiger partial charge is 0.320 e. The van der Waals surface area contributed by atoms with Gasteiger partial charge < -0.3 is 11.1 Å². The van der Waals surface area contributed by atoms with Gasteiger partial charge in [-0.1, -0.05) is 13.8 Å². The van der Waals surface area contributed by atoms with Crippen LogP contribution in [0.4, 0.5) is 5.00 Å². The monoisotopic (exact) mass is 277 g/mol. The van der Waals surface area contributed by atoms with E-state index in [0.29, 0.717) is 5.92 Å². The van der Waals surface area contributed by atoms with Crippen molar-refractivity contribution in [1.29, 1.82) is 0 Å². The van der Waals surface area contributed by atoms with Crippen molar-refractivity contribution in [2.45, 2.75) is 40.2 Å². The first-order valence-electron chi connectivity index (χ1n) is 5.43. The standard InChI is InChI=1S/C11H19N3OS.ClH/c1-6(2)5-9-11(16-8(4)13-9)14-10(15)7(3)12;/h6-7H,5,12H2,1-4H3,(H,14,15);1H/t7-;/m1./s1. The maximum atomic E-state index is 11.5. The van der Waals surface area contributed by atoms with Gasteiger partial charge in [0.2, 0.25) is 5.91 Å². The van der Waals surface area contributed by atoms with Crippen LogP contribution in [0.5, 0.6) is 0 Å². The van der Waals surface area contributed by atoms with Crippen LogP contribution in [0, 0.1) is 12.8 Å². The number of nitrogens with two attached hydrogens (primary N) is 1. The Labute approximate surface area is 112 Å². The lowest BCUT2D eigenvalue weighted by atomic mass is 10.1. The van der Waals surface area contributed by atoms with Gasteiger partial charge in [-0.2, -0.15) is 0 Å². The van der Waals surface area contributed by atoms with E-state index < -0.39 is 6.04 Å². The fourth-order valence-corrected chi connectivity index (χ4v) is 2.17. The predicted octanol–water partition coefficient (Wildman–Crippen LogP) is 2.36. The van der Waals surface area contributed by atoms with E-state index in [-0.39, 0.29) is 18.3 Å². The van der Waals surface area contributed by atoms with Crippen LogP contribution >= 0.6 is 23.7 Å². The summed E-state index contributed by atoms with van der Waals surface area (Å²) in [5.41, 5.74) is 6.48. The Morgan fingerprint density at radius 3 is 2.53 bits per heavy atom. The van der Waals surface area contributed by atoms with Crippen LogP contribution in [-0.4, -0.2) is 16.9 Å². The van der Waals surface area contributed by atoms with Crippen LogP contribution in [0.1, 0.15) is 31.5 Å². The highest BCUT2D eigenvalue weighted by Crippen LogP contribution is 2.26. The maximum absolute atomic E-state index is 11.5. The van der Waals surface area contributed by atoms with Gasteiger partial charge in [-0.05, 0) is 26.2 Å². The summed E-state index contributed by atoms with van der Waals surface area (Å²) in [5, 5.41) is 4.64. The average Bonchev–Trinajstić information content (AvgIpc) is 2.45. The van der Waals surface area contributed by atoms with Crippen molar-refractivity contribution in [3.05, 3.63) is 10.7 Å². The normalized spacial score (nSPS) is 12.1. The lowest BCUT2D eigenvalue weighted by Gasteiger charge is -2.08. The Morgan fingerprint density at radius 2 is 2.06 bits per heavy atom. The number of carbonyl (C=O) groups is 1. The molecular formula is C11H20ClN3OS. The van der Waals surface area contributed by atoms with Crippen LogP contribution < -0.4 is 11.1 Å². The van der Waals surface area contributed by atoms with Gasteiger partial charge in [0.15, 0.2) is 0 Å². The number of aromatic nitrogens is 1. The molecule has 0 aliphatic carbocycles. The Morgan fingerprint density at radius 1 is 1.47 bits per heavy atom. The molecule has 1 rings (SSSR count). The first kappa shape index (κ1) is 16.4. The smallest absolute Gasteiger partial charge is 0.241 e. The summed E-state index contributed by atoms with van der Waals surface area (Å²) < 4.78 is 0. The van der Waals surface area contributed by atoms with Crippen molar-refractivity contribution in [2.24, 2.45) is 11.7 Å². The Kier molecular flexibility index (Phi) is 6.67. The molecule has 1 aromatic heterocycles. The second-order valence-corrected chi connectivity index (χ2v) is 5.59. The van der Waals surface area contributed by atoms with E-state index in [0.717, 1.165) is 22.1 Å². The summed E-state index contributed by atoms with van der Waals surface area (Å²) in [7, 11) is 0. The number of nitrogens with one attached hydrogen (secondary N) is 1. The van der Waals surface area contributed by atoms with Crippen LogP contribution in [0.3, 0.4) is 0 Å². The summed E-state index contributed by atoms with van der Waals surface area (Å²) >= 11 is 1.50. The minimum Gasteiger partial charge on any atom is -0.320 e. The minimum absolute atomic E-state index is 0. The maximum Gasteiger partial charge on any atom is 0.241 e. The predicted molar refractivity (Wildman–Crippen MR) is 74.9 cm³/mol. The van der Waals surface area contributed by atoms with Gasteiger partial charge in [-0.3, -0.25) is 4.79 Å². The van der Waals surface area contributed by atoms with Crippen LogP contribution in [0.15, 0.2) is 0 Å². The number of rotatable bonds is 4. The molecule has 0 aliphatic heterocycles. The second kappa shape index (κ2) is 6.93. The Bertz CT molecular complexity index is 377. The van der Waals surface area contributed by atoms with Gasteiger partial charge in [0.25, 0.3) is 0 Å². The highest BCUT2D eigenvalue weighted by molar-refractivity contribution is 7.16. The van der Waals surface area contributed by atoms with E-state index in [2.05, 4.69) is 24.1 Å². The third-order valence-corrected chi connectivity index (χ3v) is 2.98. The number of hydrogen-bond donors (Lipinski definition) is 2. The van der Waals surface area contributed by atoms with Crippen LogP contribution in [0.25, 0.3) is 0 Å². The first-order valence-corrected chi connectivity index (χ1v) is 6.24. The molecule has 4 nitrogen and oxygen atoms in total. The van der Waals surface area contributed by atoms with Gasteiger partial charge in [-0.15, -0.1) is 23.7 Å². The molecule has 0 aromatic carbocycles. The lowest BCUT2D eigenvalue weighted by Crippen LogP contribution is -2.32. The molecule has 1 amide bonds. The number of thiazole rings is 1. The van der Waals surface area contributed by atoms with Gasteiger partial charge in [-0.25, -0.2) is 4.98 Å². The van der Waals surface area contributed by atoms with Gasteiger partial charge >= 0.3 is 0 Å². The molecule has 1 atom stereocenters. The van der Waals surface area contributed by atoms with Gasteiger partial charge in [0, 0.05) is 0 Å². The molecule has 1 aromatic rings. The summed E-state index contributed by atoms with van der Waals surface area (Å²) in [6.45, 7) is 7.87. The van der Waals surface area contributed by atoms with E-state index >= 15 is 0 Å². The summed E-state index contributed by atoms with van der Waals surface area (Å²) in [4.78, 5) is 15.9. The molecule has 0 fully saturated rings. The molecule has 98 valence electrons. The second-order valence-electron chi connectivity index (χ2n) is 4.38. The lowest BCUT2D eigenvalue weighted by molar-refractivity contribution is -0.117. The molecule has 1 heterocycles. The molecule has 17 heavy (non-hydrogen) atoms. The first-order chi connectivity index (χ1) is 7.40. The molecule has 0 spiro atoms. The number of amides is 1. The third-order valence-electron chi connectivity index (χ3n) is 2.06. The number of aryl methyl sites for hydroxylation is 1. The molecule has 3 N–H and O–H groups in total. The highest BCUT2D eigenvalue weighted by Gasteiger charge is 2.15. The van der Waals surface area contributed by atoms with Crippen molar-refractivity contribution >= 4 is 34.7 Å². The quantitative estimate of drug-likeness (QED) is 0.888. The molecule has 0 unspecified atom stereocenters.